The van der Waals surface area contributed by atoms with Gasteiger partial charge in [-0.25, -0.2) is 0 Å². The molecule has 0 aromatic carbocycles. The quantitative estimate of drug-likeness (QED) is 0.623. The molecule has 0 amide bonds. The molecule has 0 aromatic heterocycles. The van der Waals surface area contributed by atoms with Crippen molar-refractivity contribution >= 4 is 11.6 Å². The number of hydrogen-bond donors (Lipinski definition) is 0. The third-order valence-electron chi connectivity index (χ3n) is 5.73. The smallest absolute Gasteiger partial charge is 0.160 e. The Kier molecular flexibility index (Phi) is 2.13. The number of fused-ring (bicyclic) bond motifs is 5. The van der Waals surface area contributed by atoms with Crippen LogP contribution < -0.4 is 0 Å². The molecule has 0 fully saturated rings. The lowest BCUT2D eigenvalue weighted by molar-refractivity contribution is -0.132. The Morgan fingerprint density at radius 3 is 1.68 bits per heavy atom. The molecular formula is C17H18O2. The Morgan fingerprint density at radius 1 is 0.842 bits per heavy atom. The summed E-state index contributed by atoms with van der Waals surface area (Å²) in [6, 6.07) is 0. The molecule has 98 valence electrons. The zero-order valence-corrected chi connectivity index (χ0v) is 11.3. The maximum Gasteiger partial charge on any atom is 0.160 e. The summed E-state index contributed by atoms with van der Waals surface area (Å²) >= 11 is 0. The summed E-state index contributed by atoms with van der Waals surface area (Å²) in [7, 11) is 0. The summed E-state index contributed by atoms with van der Waals surface area (Å²) in [6.07, 6.45) is 8.78. The summed E-state index contributed by atoms with van der Waals surface area (Å²) < 4.78 is 0. The summed E-state index contributed by atoms with van der Waals surface area (Å²) in [5.74, 6) is 1.62. The second kappa shape index (κ2) is 3.56. The van der Waals surface area contributed by atoms with Gasteiger partial charge in [0.15, 0.2) is 11.6 Å². The normalized spacial score (nSPS) is 46.8. The third kappa shape index (κ3) is 1.27. The van der Waals surface area contributed by atoms with Crippen LogP contribution in [0, 0.1) is 35.5 Å². The van der Waals surface area contributed by atoms with Crippen LogP contribution in [-0.2, 0) is 9.59 Å². The van der Waals surface area contributed by atoms with Gasteiger partial charge in [-0.3, -0.25) is 9.59 Å². The second-order valence-electron chi connectivity index (χ2n) is 6.51. The van der Waals surface area contributed by atoms with Crippen molar-refractivity contribution in [2.45, 2.75) is 20.3 Å². The van der Waals surface area contributed by atoms with Gasteiger partial charge in [0, 0.05) is 11.8 Å². The highest BCUT2D eigenvalue weighted by Crippen LogP contribution is 2.57. The van der Waals surface area contributed by atoms with Gasteiger partial charge in [0.1, 0.15) is 0 Å². The summed E-state index contributed by atoms with van der Waals surface area (Å²) in [6.45, 7) is 4.30. The molecule has 4 aliphatic rings. The Labute approximate surface area is 113 Å². The first kappa shape index (κ1) is 11.4. The van der Waals surface area contributed by atoms with Gasteiger partial charge < -0.3 is 0 Å². The average molecular weight is 254 g/mol. The van der Waals surface area contributed by atoms with Crippen molar-refractivity contribution in [1.82, 2.24) is 0 Å². The Morgan fingerprint density at radius 2 is 1.26 bits per heavy atom. The first-order chi connectivity index (χ1) is 9.09. The number of hydrogen-bond acceptors (Lipinski definition) is 2. The highest BCUT2D eigenvalue weighted by molar-refractivity contribution is 6.08. The van der Waals surface area contributed by atoms with Crippen LogP contribution in [0.2, 0.25) is 0 Å². The maximum atomic E-state index is 12.2. The number of rotatable bonds is 0. The highest BCUT2D eigenvalue weighted by Gasteiger charge is 2.52. The lowest BCUT2D eigenvalue weighted by atomic mass is 9.59. The summed E-state index contributed by atoms with van der Waals surface area (Å²) in [4.78, 5) is 24.5. The van der Waals surface area contributed by atoms with E-state index in [4.69, 9.17) is 0 Å². The first-order valence-electron chi connectivity index (χ1n) is 7.27. The molecule has 4 aliphatic carbocycles. The molecule has 0 heterocycles. The van der Waals surface area contributed by atoms with Gasteiger partial charge in [-0.1, -0.05) is 37.1 Å². The molecular weight excluding hydrogens is 236 g/mol. The molecule has 0 aromatic rings. The average Bonchev–Trinajstić information content (AvgIpc) is 2.99. The number of allylic oxidation sites excluding steroid dienone is 6. The lowest BCUT2D eigenvalue weighted by Crippen LogP contribution is -2.45. The van der Waals surface area contributed by atoms with E-state index in [1.807, 2.05) is 0 Å². The van der Waals surface area contributed by atoms with E-state index in [9.17, 15) is 9.59 Å². The zero-order valence-electron chi connectivity index (χ0n) is 11.3. The molecule has 19 heavy (non-hydrogen) atoms. The third-order valence-corrected chi connectivity index (χ3v) is 5.73. The van der Waals surface area contributed by atoms with E-state index in [0.29, 0.717) is 11.8 Å². The van der Waals surface area contributed by atoms with Gasteiger partial charge in [-0.15, -0.1) is 0 Å². The zero-order chi connectivity index (χ0) is 13.3. The van der Waals surface area contributed by atoms with Crippen LogP contribution in [0.3, 0.4) is 0 Å². The van der Waals surface area contributed by atoms with E-state index in [-0.39, 0.29) is 35.2 Å². The largest absolute Gasteiger partial charge is 0.294 e. The van der Waals surface area contributed by atoms with Gasteiger partial charge >= 0.3 is 0 Å². The van der Waals surface area contributed by atoms with E-state index in [2.05, 4.69) is 26.0 Å². The van der Waals surface area contributed by atoms with Crippen molar-refractivity contribution in [3.05, 3.63) is 35.5 Å². The van der Waals surface area contributed by atoms with Crippen LogP contribution in [0.5, 0.6) is 0 Å². The van der Waals surface area contributed by atoms with Crippen molar-refractivity contribution in [1.29, 1.82) is 0 Å². The minimum absolute atomic E-state index is 0.112. The molecule has 0 aliphatic heterocycles. The fourth-order valence-electron chi connectivity index (χ4n) is 5.03. The maximum absolute atomic E-state index is 12.2. The Balaban J connectivity index is 1.86. The predicted molar refractivity (Wildman–Crippen MR) is 72.2 cm³/mol. The molecule has 2 nitrogen and oxygen atoms in total. The Hall–Kier alpha value is -1.44. The predicted octanol–water partition coefficient (Wildman–Crippen LogP) is 2.72. The van der Waals surface area contributed by atoms with Gasteiger partial charge in [-0.05, 0) is 42.2 Å². The number of ketones is 2. The van der Waals surface area contributed by atoms with E-state index < -0.39 is 0 Å². The van der Waals surface area contributed by atoms with Crippen molar-refractivity contribution in [2.24, 2.45) is 35.5 Å². The molecule has 4 rings (SSSR count). The van der Waals surface area contributed by atoms with Crippen LogP contribution in [0.15, 0.2) is 35.5 Å². The van der Waals surface area contributed by atoms with Crippen molar-refractivity contribution in [3.63, 3.8) is 0 Å². The van der Waals surface area contributed by atoms with Crippen LogP contribution in [0.1, 0.15) is 20.3 Å². The topological polar surface area (TPSA) is 34.1 Å². The summed E-state index contributed by atoms with van der Waals surface area (Å²) in [5, 5.41) is 0. The molecule has 2 bridgehead atoms. The minimum Gasteiger partial charge on any atom is -0.294 e. The van der Waals surface area contributed by atoms with Crippen molar-refractivity contribution in [2.75, 3.05) is 0 Å². The molecule has 6 atom stereocenters. The van der Waals surface area contributed by atoms with Crippen LogP contribution in [0.25, 0.3) is 0 Å². The molecule has 0 unspecified atom stereocenters. The van der Waals surface area contributed by atoms with E-state index >= 15 is 0 Å². The molecule has 2 heteroatoms. The molecule has 0 saturated heterocycles. The minimum atomic E-state index is -0.112. The molecule has 0 N–H and O–H groups in total. The van der Waals surface area contributed by atoms with E-state index in [0.717, 1.165) is 0 Å². The Bertz CT molecular complexity index is 530. The van der Waals surface area contributed by atoms with Crippen molar-refractivity contribution < 1.29 is 9.59 Å². The second-order valence-corrected chi connectivity index (χ2v) is 6.51. The van der Waals surface area contributed by atoms with Gasteiger partial charge in [-0.2, -0.15) is 0 Å². The fourth-order valence-corrected chi connectivity index (χ4v) is 5.03. The van der Waals surface area contributed by atoms with Gasteiger partial charge in [0.2, 0.25) is 0 Å². The van der Waals surface area contributed by atoms with E-state index in [1.54, 1.807) is 0 Å². The lowest BCUT2D eigenvalue weighted by Gasteiger charge is -2.43. The van der Waals surface area contributed by atoms with Crippen LogP contribution in [0.4, 0.5) is 0 Å². The standard InChI is InChI=1S/C17H18O2/c1-8-14-10-3-4-11(7-10)15(14)9(2)17-13(19)6-5-12(18)16(8)17/h3-6,8-11,16-17H,7H2,1-2H3/t8-,9+,10-,11-,16-,17-/m0/s1. The fraction of sp³-hybridized carbons (Fsp3) is 0.529. The SMILES string of the molecule is C[C@@H]1C2=C([C@H]3C=C[C@H]2C3)[C@H](C)[C@H]2C(=O)C=CC(=O)[C@@H]21. The van der Waals surface area contributed by atoms with Crippen LogP contribution in [-0.4, -0.2) is 11.6 Å². The van der Waals surface area contributed by atoms with Crippen LogP contribution >= 0.6 is 0 Å². The highest BCUT2D eigenvalue weighted by atomic mass is 16.1. The number of carbonyl (C=O) groups is 2. The molecule has 0 radical (unpaired) electrons. The van der Waals surface area contributed by atoms with Gasteiger partial charge in [0.05, 0.1) is 0 Å². The monoisotopic (exact) mass is 254 g/mol. The number of carbonyl (C=O) groups excluding carboxylic acids is 2. The van der Waals surface area contributed by atoms with Crippen molar-refractivity contribution in [3.8, 4) is 0 Å². The van der Waals surface area contributed by atoms with E-state index in [1.165, 1.54) is 29.7 Å². The molecule has 0 saturated carbocycles. The molecule has 0 spiro atoms. The summed E-state index contributed by atoms with van der Waals surface area (Å²) in [5.41, 5.74) is 2.97. The first-order valence-corrected chi connectivity index (χ1v) is 7.27. The van der Waals surface area contributed by atoms with Gasteiger partial charge in [0.25, 0.3) is 0 Å².